The Morgan fingerprint density at radius 2 is 1.75 bits per heavy atom. The maximum atomic E-state index is 5.63. The second kappa shape index (κ2) is 3.57. The van der Waals surface area contributed by atoms with Crippen molar-refractivity contribution in [2.45, 2.75) is 11.3 Å². The first-order chi connectivity index (χ1) is 7.83. The molecule has 0 aliphatic heterocycles. The van der Waals surface area contributed by atoms with Gasteiger partial charge in [-0.1, -0.05) is 0 Å². The molecule has 16 heavy (non-hydrogen) atoms. The summed E-state index contributed by atoms with van der Waals surface area (Å²) in [4.78, 5) is 0.824. The quantitative estimate of drug-likeness (QED) is 0.669. The molecule has 0 saturated heterocycles. The van der Waals surface area contributed by atoms with Gasteiger partial charge < -0.3 is 14.6 Å². The van der Waals surface area contributed by atoms with Crippen LogP contribution in [0, 0.1) is 0 Å². The highest BCUT2D eigenvalue weighted by Crippen LogP contribution is 2.36. The fourth-order valence-electron chi connectivity index (χ4n) is 2.10. The molecule has 2 heterocycles. The lowest BCUT2D eigenvalue weighted by molar-refractivity contribution is 0.604. The molecule has 0 aliphatic rings. The number of benzene rings is 1. The van der Waals surface area contributed by atoms with E-state index < -0.39 is 0 Å². The van der Waals surface area contributed by atoms with Gasteiger partial charge in [-0.3, -0.25) is 0 Å². The fraction of sp³-hybridized carbons (Fsp3) is 0.167. The van der Waals surface area contributed by atoms with Gasteiger partial charge in [-0.05, 0) is 25.1 Å². The van der Waals surface area contributed by atoms with Crippen molar-refractivity contribution < 1.29 is 8.83 Å². The molecule has 0 spiro atoms. The standard InChI is InChI=1S/C12H11NO2S/c13-4-1-7-8-2-5-15-11(8)12(16)9-3-6-14-10(7)9/h2-3,5-6,16H,1,4,13H2. The Kier molecular flexibility index (Phi) is 2.19. The van der Waals surface area contributed by atoms with Crippen LogP contribution in [0.2, 0.25) is 0 Å². The van der Waals surface area contributed by atoms with Crippen molar-refractivity contribution in [3.8, 4) is 0 Å². The molecule has 3 rings (SSSR count). The van der Waals surface area contributed by atoms with Gasteiger partial charge in [0.15, 0.2) is 0 Å². The fourth-order valence-corrected chi connectivity index (χ4v) is 2.45. The zero-order valence-electron chi connectivity index (χ0n) is 8.56. The summed E-state index contributed by atoms with van der Waals surface area (Å²) in [5, 5.41) is 2.02. The summed E-state index contributed by atoms with van der Waals surface area (Å²) in [6, 6.07) is 3.83. The van der Waals surface area contributed by atoms with Gasteiger partial charge in [-0.25, -0.2) is 0 Å². The number of fused-ring (bicyclic) bond motifs is 2. The van der Waals surface area contributed by atoms with Gasteiger partial charge in [0.2, 0.25) is 0 Å². The zero-order valence-corrected chi connectivity index (χ0v) is 9.46. The van der Waals surface area contributed by atoms with Crippen LogP contribution in [0.15, 0.2) is 38.4 Å². The second-order valence-corrected chi connectivity index (χ2v) is 4.14. The highest BCUT2D eigenvalue weighted by molar-refractivity contribution is 7.80. The van der Waals surface area contributed by atoms with E-state index in [1.165, 1.54) is 0 Å². The normalized spacial score (nSPS) is 11.6. The van der Waals surface area contributed by atoms with Crippen LogP contribution in [0.4, 0.5) is 0 Å². The van der Waals surface area contributed by atoms with Crippen molar-refractivity contribution in [3.63, 3.8) is 0 Å². The number of nitrogens with two attached hydrogens (primary N) is 1. The van der Waals surface area contributed by atoms with E-state index in [0.717, 1.165) is 38.8 Å². The summed E-state index contributed by atoms with van der Waals surface area (Å²) in [5.41, 5.74) is 8.40. The largest absolute Gasteiger partial charge is 0.464 e. The summed E-state index contributed by atoms with van der Waals surface area (Å²) in [7, 11) is 0. The van der Waals surface area contributed by atoms with Crippen LogP contribution in [0.3, 0.4) is 0 Å². The number of hydrogen-bond donors (Lipinski definition) is 2. The average Bonchev–Trinajstić information content (AvgIpc) is 2.92. The monoisotopic (exact) mass is 233 g/mol. The molecule has 0 radical (unpaired) electrons. The van der Waals surface area contributed by atoms with Crippen molar-refractivity contribution in [2.24, 2.45) is 5.73 Å². The molecule has 82 valence electrons. The van der Waals surface area contributed by atoms with E-state index >= 15 is 0 Å². The Balaban J connectivity index is 2.51. The van der Waals surface area contributed by atoms with Crippen LogP contribution >= 0.6 is 12.6 Å². The topological polar surface area (TPSA) is 52.3 Å². The van der Waals surface area contributed by atoms with E-state index in [2.05, 4.69) is 12.6 Å². The highest BCUT2D eigenvalue weighted by atomic mass is 32.1. The van der Waals surface area contributed by atoms with Gasteiger partial charge in [0, 0.05) is 16.3 Å². The molecule has 2 N–H and O–H groups in total. The lowest BCUT2D eigenvalue weighted by Gasteiger charge is -2.04. The predicted molar refractivity (Wildman–Crippen MR) is 66.0 cm³/mol. The maximum Gasteiger partial charge on any atom is 0.148 e. The Labute approximate surface area is 97.6 Å². The summed E-state index contributed by atoms with van der Waals surface area (Å²) < 4.78 is 11.0. The SMILES string of the molecule is NCCc1c2ccoc2c(S)c2ccoc12. The van der Waals surface area contributed by atoms with Crippen LogP contribution in [-0.4, -0.2) is 6.54 Å². The molecule has 1 aromatic carbocycles. The van der Waals surface area contributed by atoms with Crippen molar-refractivity contribution in [2.75, 3.05) is 6.54 Å². The van der Waals surface area contributed by atoms with E-state index in [1.54, 1.807) is 12.5 Å². The molecule has 0 atom stereocenters. The number of furan rings is 2. The molecule has 3 nitrogen and oxygen atoms in total. The first-order valence-electron chi connectivity index (χ1n) is 5.11. The van der Waals surface area contributed by atoms with Crippen molar-refractivity contribution in [1.29, 1.82) is 0 Å². The van der Waals surface area contributed by atoms with Gasteiger partial charge in [-0.15, -0.1) is 12.6 Å². The molecule has 0 aliphatic carbocycles. The van der Waals surface area contributed by atoms with E-state index in [-0.39, 0.29) is 0 Å². The number of rotatable bonds is 2. The summed E-state index contributed by atoms with van der Waals surface area (Å²) in [6.45, 7) is 0.585. The van der Waals surface area contributed by atoms with E-state index in [9.17, 15) is 0 Å². The van der Waals surface area contributed by atoms with E-state index in [4.69, 9.17) is 14.6 Å². The Bertz CT molecular complexity index is 602. The Hall–Kier alpha value is -1.39. The molecular formula is C12H11NO2S. The molecule has 0 fully saturated rings. The van der Waals surface area contributed by atoms with Crippen LogP contribution in [0.25, 0.3) is 21.9 Å². The predicted octanol–water partition coefficient (Wildman–Crippen LogP) is 2.97. The zero-order chi connectivity index (χ0) is 11.1. The van der Waals surface area contributed by atoms with Gasteiger partial charge in [0.05, 0.1) is 17.4 Å². The Morgan fingerprint density at radius 3 is 2.50 bits per heavy atom. The van der Waals surface area contributed by atoms with Crippen LogP contribution in [-0.2, 0) is 6.42 Å². The minimum Gasteiger partial charge on any atom is -0.464 e. The van der Waals surface area contributed by atoms with Gasteiger partial charge >= 0.3 is 0 Å². The number of thiol groups is 1. The molecule has 0 amide bonds. The van der Waals surface area contributed by atoms with Gasteiger partial charge in [-0.2, -0.15) is 0 Å². The Morgan fingerprint density at radius 1 is 1.06 bits per heavy atom. The smallest absolute Gasteiger partial charge is 0.148 e. The third kappa shape index (κ3) is 1.20. The van der Waals surface area contributed by atoms with E-state index in [0.29, 0.717) is 6.54 Å². The molecule has 4 heteroatoms. The first-order valence-corrected chi connectivity index (χ1v) is 5.56. The van der Waals surface area contributed by atoms with Crippen molar-refractivity contribution in [1.82, 2.24) is 0 Å². The van der Waals surface area contributed by atoms with Crippen LogP contribution in [0.1, 0.15) is 5.56 Å². The van der Waals surface area contributed by atoms with Crippen molar-refractivity contribution >= 4 is 34.6 Å². The lowest BCUT2D eigenvalue weighted by Crippen LogP contribution is -2.03. The van der Waals surface area contributed by atoms with Gasteiger partial charge in [0.25, 0.3) is 0 Å². The van der Waals surface area contributed by atoms with E-state index in [1.807, 2.05) is 12.1 Å². The maximum absolute atomic E-state index is 5.63. The van der Waals surface area contributed by atoms with Crippen LogP contribution in [0.5, 0.6) is 0 Å². The molecule has 2 aromatic heterocycles. The molecule has 0 saturated carbocycles. The highest BCUT2D eigenvalue weighted by Gasteiger charge is 2.15. The average molecular weight is 233 g/mol. The summed E-state index contributed by atoms with van der Waals surface area (Å²) in [5.74, 6) is 0. The number of hydrogen-bond acceptors (Lipinski definition) is 4. The molecule has 0 unspecified atom stereocenters. The lowest BCUT2D eigenvalue weighted by atomic mass is 10.0. The third-order valence-corrected chi connectivity index (χ3v) is 3.24. The molecule has 0 bridgehead atoms. The minimum absolute atomic E-state index is 0.585. The molecule has 3 aromatic rings. The summed E-state index contributed by atoms with van der Waals surface area (Å²) in [6.07, 6.45) is 4.11. The first kappa shape index (κ1) is 9.81. The minimum atomic E-state index is 0.585. The third-order valence-electron chi connectivity index (χ3n) is 2.79. The van der Waals surface area contributed by atoms with Crippen LogP contribution < -0.4 is 5.73 Å². The van der Waals surface area contributed by atoms with Crippen molar-refractivity contribution in [3.05, 3.63) is 30.2 Å². The second-order valence-electron chi connectivity index (χ2n) is 3.69. The summed E-state index contributed by atoms with van der Waals surface area (Å²) >= 11 is 4.48. The molecular weight excluding hydrogens is 222 g/mol. The van der Waals surface area contributed by atoms with Gasteiger partial charge in [0.1, 0.15) is 11.2 Å².